The first-order chi connectivity index (χ1) is 17.5. The monoisotopic (exact) mass is 520 g/mol. The van der Waals surface area contributed by atoms with Gasteiger partial charge in [0.05, 0.1) is 35.0 Å². The lowest BCUT2D eigenvalue weighted by Crippen LogP contribution is -2.36. The number of nitrogens with zero attached hydrogens (tertiary/aromatic N) is 4. The summed E-state index contributed by atoms with van der Waals surface area (Å²) in [6.07, 6.45) is 0. The molecule has 190 valence electrons. The molecule has 3 aromatic rings. The van der Waals surface area contributed by atoms with Gasteiger partial charge >= 0.3 is 5.97 Å². The zero-order valence-corrected chi connectivity index (χ0v) is 21.3. The number of non-ortho nitro benzene ring substituents is 1. The molecule has 2 N–H and O–H groups in total. The highest BCUT2D eigenvalue weighted by atomic mass is 32.1. The molecule has 1 heterocycles. The zero-order chi connectivity index (χ0) is 27.2. The fourth-order valence-electron chi connectivity index (χ4n) is 3.08. The number of para-hydroxylation sites is 1. The van der Waals surface area contributed by atoms with E-state index in [2.05, 4.69) is 26.9 Å². The number of anilines is 1. The second-order valence-electron chi connectivity index (χ2n) is 8.79. The third kappa shape index (κ3) is 6.74. The molecule has 0 saturated heterocycles. The van der Waals surface area contributed by atoms with Crippen molar-refractivity contribution in [1.82, 2.24) is 10.4 Å². The Labute approximate surface area is 217 Å². The molecule has 0 fully saturated rings. The molecule has 1 unspecified atom stereocenters. The summed E-state index contributed by atoms with van der Waals surface area (Å²) in [7, 11) is 1.23. The van der Waals surface area contributed by atoms with Crippen molar-refractivity contribution in [1.29, 1.82) is 5.26 Å². The van der Waals surface area contributed by atoms with E-state index < -0.39 is 28.3 Å². The van der Waals surface area contributed by atoms with Gasteiger partial charge in [-0.15, -0.1) is 11.3 Å². The lowest BCUT2D eigenvalue weighted by Gasteiger charge is -2.20. The predicted octanol–water partition coefficient (Wildman–Crippen LogP) is 4.49. The molecule has 2 aromatic carbocycles. The number of hydrogen-bond acceptors (Lipinski definition) is 10. The number of rotatable bonds is 8. The number of nitriles is 1. The van der Waals surface area contributed by atoms with E-state index in [1.807, 2.05) is 20.8 Å². The second-order valence-corrected chi connectivity index (χ2v) is 9.68. The highest BCUT2D eigenvalue weighted by Crippen LogP contribution is 2.29. The molecule has 1 aromatic heterocycles. The number of benzene rings is 2. The maximum Gasteiger partial charge on any atom is 0.339 e. The van der Waals surface area contributed by atoms with Gasteiger partial charge in [0, 0.05) is 28.6 Å². The quantitative estimate of drug-likeness (QED) is 0.190. The van der Waals surface area contributed by atoms with Gasteiger partial charge in [-0.25, -0.2) is 9.78 Å². The van der Waals surface area contributed by atoms with Crippen molar-refractivity contribution in [3.05, 3.63) is 74.6 Å². The van der Waals surface area contributed by atoms with E-state index in [1.165, 1.54) is 31.4 Å². The number of nitro groups is 1. The summed E-state index contributed by atoms with van der Waals surface area (Å²) in [5.74, 6) is -2.48. The number of esters is 1. The Kier molecular flexibility index (Phi) is 8.31. The summed E-state index contributed by atoms with van der Waals surface area (Å²) in [6, 6.07) is 14.3. The first-order valence-corrected chi connectivity index (χ1v) is 11.9. The van der Waals surface area contributed by atoms with E-state index in [9.17, 15) is 25.0 Å². The van der Waals surface area contributed by atoms with Crippen LogP contribution in [0.2, 0.25) is 0 Å². The van der Waals surface area contributed by atoms with Gasteiger partial charge in [-0.3, -0.25) is 14.9 Å². The third-order valence-electron chi connectivity index (χ3n) is 4.87. The molecule has 0 aliphatic rings. The van der Waals surface area contributed by atoms with Crippen molar-refractivity contribution < 1.29 is 19.2 Å². The lowest BCUT2D eigenvalue weighted by molar-refractivity contribution is -0.384. The molecule has 0 radical (unpaired) electrons. The van der Waals surface area contributed by atoms with E-state index >= 15 is 0 Å². The molecule has 1 atom stereocenters. The van der Waals surface area contributed by atoms with E-state index in [-0.39, 0.29) is 22.6 Å². The highest BCUT2D eigenvalue weighted by Gasteiger charge is 2.29. The van der Waals surface area contributed by atoms with Crippen LogP contribution >= 0.6 is 11.3 Å². The average Bonchev–Trinajstić information content (AvgIpc) is 3.35. The fraction of sp³-hybridized carbons (Fsp3) is 0.240. The molecule has 3 rings (SSSR count). The van der Waals surface area contributed by atoms with E-state index in [0.717, 1.165) is 11.3 Å². The molecule has 0 aliphatic carbocycles. The third-order valence-corrected chi connectivity index (χ3v) is 5.78. The minimum Gasteiger partial charge on any atom is -0.465 e. The summed E-state index contributed by atoms with van der Waals surface area (Å²) < 4.78 is 4.78. The Morgan fingerprint density at radius 1 is 1.19 bits per heavy atom. The Bertz CT molecular complexity index is 1390. The number of aromatic nitrogens is 1. The number of methoxy groups -OCH3 is 1. The Hall–Kier alpha value is -4.63. The van der Waals surface area contributed by atoms with Crippen LogP contribution in [0.4, 0.5) is 11.4 Å². The van der Waals surface area contributed by atoms with Crippen LogP contribution in [-0.2, 0) is 9.53 Å². The average molecular weight is 521 g/mol. The number of ether oxygens (including phenoxy) is 1. The maximum absolute atomic E-state index is 13.4. The standard InChI is InChI=1S/C25H24N6O5S/c1-25(2,3)30-29-21(22(32)27-19-8-6-5-7-17(19)24(33)36-4)18(13-26)23-28-20(14-37-23)15-9-11-16(12-10-15)31(34)35/h5-12,14,18,30H,1-4H3,(H,27,32)/b29-21-. The largest absolute Gasteiger partial charge is 0.465 e. The Balaban J connectivity index is 1.97. The maximum atomic E-state index is 13.4. The van der Waals surface area contributed by atoms with E-state index in [0.29, 0.717) is 16.3 Å². The molecule has 37 heavy (non-hydrogen) atoms. The number of hydrazone groups is 1. The summed E-state index contributed by atoms with van der Waals surface area (Å²) in [5, 5.41) is 29.9. The van der Waals surface area contributed by atoms with Crippen molar-refractivity contribution in [3.63, 3.8) is 0 Å². The zero-order valence-electron chi connectivity index (χ0n) is 20.5. The molecule has 11 nitrogen and oxygen atoms in total. The van der Waals surface area contributed by atoms with Crippen LogP contribution in [0, 0.1) is 21.4 Å². The van der Waals surface area contributed by atoms with Crippen molar-refractivity contribution in [2.75, 3.05) is 12.4 Å². The predicted molar refractivity (Wildman–Crippen MR) is 139 cm³/mol. The van der Waals surface area contributed by atoms with Crippen LogP contribution in [0.3, 0.4) is 0 Å². The van der Waals surface area contributed by atoms with Crippen LogP contribution in [0.1, 0.15) is 42.1 Å². The number of amides is 1. The second kappa shape index (κ2) is 11.4. The van der Waals surface area contributed by atoms with Crippen LogP contribution in [0.15, 0.2) is 59.0 Å². The molecule has 0 bridgehead atoms. The van der Waals surface area contributed by atoms with Crippen molar-refractivity contribution in [2.45, 2.75) is 32.2 Å². The van der Waals surface area contributed by atoms with Crippen LogP contribution in [-0.4, -0.2) is 40.1 Å². The van der Waals surface area contributed by atoms with Gasteiger partial charge in [0.25, 0.3) is 11.6 Å². The number of nitrogens with one attached hydrogen (secondary N) is 2. The smallest absolute Gasteiger partial charge is 0.339 e. The van der Waals surface area contributed by atoms with E-state index in [4.69, 9.17) is 4.74 Å². The lowest BCUT2D eigenvalue weighted by atomic mass is 10.0. The Morgan fingerprint density at radius 2 is 1.86 bits per heavy atom. The summed E-state index contributed by atoms with van der Waals surface area (Å²) in [4.78, 5) is 40.4. The number of nitro benzene ring substituents is 1. The van der Waals surface area contributed by atoms with Crippen molar-refractivity contribution in [2.24, 2.45) is 5.10 Å². The number of carbonyl (C=O) groups excluding carboxylic acids is 2. The van der Waals surface area contributed by atoms with Gasteiger partial charge in [0.2, 0.25) is 0 Å². The first-order valence-electron chi connectivity index (χ1n) is 11.0. The van der Waals surface area contributed by atoms with E-state index in [1.54, 1.807) is 29.6 Å². The first kappa shape index (κ1) is 27.0. The van der Waals surface area contributed by atoms with Gasteiger partial charge in [-0.2, -0.15) is 10.4 Å². The molecular weight excluding hydrogens is 496 g/mol. The summed E-state index contributed by atoms with van der Waals surface area (Å²) in [5.41, 5.74) is 3.61. The van der Waals surface area contributed by atoms with Crippen LogP contribution in [0.25, 0.3) is 11.3 Å². The van der Waals surface area contributed by atoms with Gasteiger partial charge in [-0.1, -0.05) is 12.1 Å². The highest BCUT2D eigenvalue weighted by molar-refractivity contribution is 7.10. The fourth-order valence-corrected chi connectivity index (χ4v) is 3.95. The number of hydrogen-bond donors (Lipinski definition) is 2. The number of carbonyl (C=O) groups is 2. The molecular formula is C25H24N6O5S. The minimum absolute atomic E-state index is 0.0549. The summed E-state index contributed by atoms with van der Waals surface area (Å²) in [6.45, 7) is 5.53. The molecule has 0 spiro atoms. The van der Waals surface area contributed by atoms with Gasteiger partial charge in [0.15, 0.2) is 0 Å². The van der Waals surface area contributed by atoms with Gasteiger partial charge in [0.1, 0.15) is 16.6 Å². The molecule has 0 saturated carbocycles. The normalized spacial score (nSPS) is 12.2. The minimum atomic E-state index is -1.14. The van der Waals surface area contributed by atoms with Crippen LogP contribution < -0.4 is 10.7 Å². The summed E-state index contributed by atoms with van der Waals surface area (Å²) >= 11 is 1.15. The SMILES string of the molecule is COC(=O)c1ccccc1NC(=O)/C(=N\NC(C)(C)C)C(C#N)c1nc(-c2ccc([N+](=O)[O-])cc2)cs1. The topological polar surface area (TPSA) is 160 Å². The van der Waals surface area contributed by atoms with Gasteiger partial charge < -0.3 is 15.5 Å². The number of thiazole rings is 1. The molecule has 0 aliphatic heterocycles. The van der Waals surface area contributed by atoms with Gasteiger partial charge in [-0.05, 0) is 45.0 Å². The molecule has 1 amide bonds. The van der Waals surface area contributed by atoms with Crippen LogP contribution in [0.5, 0.6) is 0 Å². The van der Waals surface area contributed by atoms with Crippen molar-refractivity contribution in [3.8, 4) is 17.3 Å². The van der Waals surface area contributed by atoms with Crippen molar-refractivity contribution >= 4 is 40.3 Å². The molecule has 12 heteroatoms. The Morgan fingerprint density at radius 3 is 2.46 bits per heavy atom.